The molecule has 5 N–H and O–H groups in total. The molecule has 1 spiro atoms. The highest BCUT2D eigenvalue weighted by Crippen LogP contribution is 2.55. The summed E-state index contributed by atoms with van der Waals surface area (Å²) in [4.78, 5) is 66.0. The van der Waals surface area contributed by atoms with Crippen molar-refractivity contribution in [1.29, 1.82) is 0 Å². The van der Waals surface area contributed by atoms with Gasteiger partial charge in [0.25, 0.3) is 0 Å². The zero-order chi connectivity index (χ0) is 51.3. The van der Waals surface area contributed by atoms with Crippen LogP contribution in [0, 0.1) is 23.7 Å². The fourth-order valence-corrected chi connectivity index (χ4v) is 13.6. The van der Waals surface area contributed by atoms with Gasteiger partial charge in [0, 0.05) is 75.6 Å². The molecule has 0 bridgehead atoms. The molecule has 6 aliphatic rings. The van der Waals surface area contributed by atoms with E-state index < -0.39 is 23.6 Å². The largest absolute Gasteiger partial charge is 0.507 e. The smallest absolute Gasteiger partial charge is 0.246 e. The molecule has 4 atom stereocenters. The van der Waals surface area contributed by atoms with E-state index in [2.05, 4.69) is 45.8 Å². The molecule has 3 aromatic heterocycles. The number of piperidine rings is 1. The number of hydrogen-bond acceptors (Lipinski definition) is 15. The van der Waals surface area contributed by atoms with Gasteiger partial charge in [-0.05, 0) is 123 Å². The van der Waals surface area contributed by atoms with Gasteiger partial charge in [-0.1, -0.05) is 57.2 Å². The molecule has 74 heavy (non-hydrogen) atoms. The highest BCUT2D eigenvalue weighted by Gasteiger charge is 2.51. The van der Waals surface area contributed by atoms with Gasteiger partial charge in [-0.25, -0.2) is 15.0 Å². The SMILES string of the molecule is Cc1ncsc1-c1ccc(CNC(=O)[C@@H]2C[C@@H](O)CN2C(=O)[C@@H](NC(=O)C2CC3(CCC(N4CCC(c5cnc(N6CCN7c8cc(-c9ccccc9O)nnc8NC[C@H]7C6)nc5)CC4)CC3)C2)C(C)(C)C)cc1. The van der Waals surface area contributed by atoms with E-state index in [9.17, 15) is 24.6 Å². The Kier molecular flexibility index (Phi) is 13.8. The van der Waals surface area contributed by atoms with Gasteiger partial charge in [0.2, 0.25) is 23.7 Å². The van der Waals surface area contributed by atoms with Crippen LogP contribution in [0.4, 0.5) is 17.5 Å². The molecule has 2 saturated carbocycles. The number of carbonyl (C=O) groups is 3. The highest BCUT2D eigenvalue weighted by molar-refractivity contribution is 7.13. The minimum atomic E-state index is -0.836. The number of piperazine rings is 1. The lowest BCUT2D eigenvalue weighted by Crippen LogP contribution is -2.59. The first kappa shape index (κ1) is 49.9. The average molecular weight is 1020 g/mol. The number of aromatic nitrogens is 5. The molecule has 0 radical (unpaired) electrons. The molecule has 5 aromatic rings. The second-order valence-electron chi connectivity index (χ2n) is 23.0. The van der Waals surface area contributed by atoms with Gasteiger partial charge >= 0.3 is 0 Å². The molecule has 11 rings (SSSR count). The molecule has 3 saturated heterocycles. The predicted molar refractivity (Wildman–Crippen MR) is 286 cm³/mol. The van der Waals surface area contributed by atoms with Crippen LogP contribution >= 0.6 is 11.3 Å². The molecule has 18 heteroatoms. The van der Waals surface area contributed by atoms with Crippen molar-refractivity contribution in [1.82, 2.24) is 45.6 Å². The topological polar surface area (TPSA) is 205 Å². The first-order chi connectivity index (χ1) is 35.7. The molecule has 17 nitrogen and oxygen atoms in total. The van der Waals surface area contributed by atoms with E-state index in [1.54, 1.807) is 23.5 Å². The molecular weight excluding hydrogens is 953 g/mol. The van der Waals surface area contributed by atoms with Gasteiger partial charge in [0.15, 0.2) is 5.82 Å². The number of aryl methyl sites for hydroxylation is 1. The number of β-amino-alcohol motifs (C(OH)–C–C–N with tert-alkyl or cyclic N) is 1. The number of phenolic OH excluding ortho intramolecular Hbond substituents is 1. The Morgan fingerprint density at radius 1 is 0.892 bits per heavy atom. The summed E-state index contributed by atoms with van der Waals surface area (Å²) in [6.45, 7) is 13.4. The van der Waals surface area contributed by atoms with Crippen molar-refractivity contribution in [3.8, 4) is 27.4 Å². The van der Waals surface area contributed by atoms with Crippen LogP contribution in [0.15, 0.2) is 72.5 Å². The highest BCUT2D eigenvalue weighted by atomic mass is 32.1. The van der Waals surface area contributed by atoms with E-state index in [4.69, 9.17) is 9.97 Å². The number of aliphatic hydroxyl groups excluding tert-OH is 1. The first-order valence-corrected chi connectivity index (χ1v) is 27.6. The van der Waals surface area contributed by atoms with E-state index in [1.807, 2.05) is 88.1 Å². The summed E-state index contributed by atoms with van der Waals surface area (Å²) >= 11 is 1.59. The van der Waals surface area contributed by atoms with E-state index in [1.165, 1.54) is 10.5 Å². The van der Waals surface area contributed by atoms with Crippen LogP contribution in [-0.4, -0.2) is 139 Å². The Hall–Kier alpha value is -6.24. The summed E-state index contributed by atoms with van der Waals surface area (Å²) in [7, 11) is 0. The Bertz CT molecular complexity index is 2830. The number of carbonyl (C=O) groups excluding carboxylic acids is 3. The number of fused-ring (bicyclic) bond motifs is 3. The zero-order valence-corrected chi connectivity index (χ0v) is 43.9. The fraction of sp³-hybridized carbons (Fsp3) is 0.536. The van der Waals surface area contributed by atoms with Crippen LogP contribution < -0.4 is 25.8 Å². The van der Waals surface area contributed by atoms with Crippen molar-refractivity contribution in [2.24, 2.45) is 16.7 Å². The first-order valence-electron chi connectivity index (χ1n) is 26.7. The van der Waals surface area contributed by atoms with Crippen molar-refractivity contribution in [2.45, 2.75) is 128 Å². The maximum absolute atomic E-state index is 14.3. The number of anilines is 3. The molecule has 3 amide bonds. The zero-order valence-electron chi connectivity index (χ0n) is 43.0. The van der Waals surface area contributed by atoms with E-state index in [0.717, 1.165) is 130 Å². The lowest BCUT2D eigenvalue weighted by atomic mass is 9.55. The Morgan fingerprint density at radius 2 is 1.64 bits per heavy atom. The minimum Gasteiger partial charge on any atom is -0.507 e. The summed E-state index contributed by atoms with van der Waals surface area (Å²) in [5.41, 5.74) is 7.91. The molecule has 5 fully saturated rings. The number of rotatable bonds is 11. The maximum atomic E-state index is 14.3. The van der Waals surface area contributed by atoms with Crippen molar-refractivity contribution < 1.29 is 24.6 Å². The van der Waals surface area contributed by atoms with Crippen LogP contribution in [0.1, 0.15) is 101 Å². The Morgan fingerprint density at radius 3 is 2.34 bits per heavy atom. The average Bonchev–Trinajstić information content (AvgIpc) is 4.03. The number of aliphatic hydroxyl groups is 1. The monoisotopic (exact) mass is 1020 g/mol. The summed E-state index contributed by atoms with van der Waals surface area (Å²) in [6, 6.07) is 16.4. The van der Waals surface area contributed by atoms with E-state index in [-0.39, 0.29) is 53.8 Å². The summed E-state index contributed by atoms with van der Waals surface area (Å²) < 4.78 is 0. The molecule has 0 unspecified atom stereocenters. The number of nitrogens with one attached hydrogen (secondary N) is 3. The van der Waals surface area contributed by atoms with Crippen LogP contribution in [-0.2, 0) is 20.9 Å². The van der Waals surface area contributed by atoms with E-state index >= 15 is 0 Å². The second kappa shape index (κ2) is 20.5. The lowest BCUT2D eigenvalue weighted by molar-refractivity contribution is -0.146. The molecule has 2 aromatic carbocycles. The van der Waals surface area contributed by atoms with Gasteiger partial charge in [-0.2, -0.15) is 0 Å². The number of hydrogen-bond donors (Lipinski definition) is 5. The number of likely N-dealkylation sites (tertiary alicyclic amines) is 2. The van der Waals surface area contributed by atoms with Gasteiger partial charge in [-0.15, -0.1) is 21.5 Å². The fourth-order valence-electron chi connectivity index (χ4n) is 12.8. The normalized spacial score (nSPS) is 25.6. The number of benzene rings is 2. The van der Waals surface area contributed by atoms with Gasteiger partial charge in [0.05, 0.1) is 39.6 Å². The minimum absolute atomic E-state index is 0.0483. The third kappa shape index (κ3) is 10.2. The maximum Gasteiger partial charge on any atom is 0.246 e. The van der Waals surface area contributed by atoms with Crippen molar-refractivity contribution in [2.75, 3.05) is 60.9 Å². The van der Waals surface area contributed by atoms with Gasteiger partial charge in [0.1, 0.15) is 17.8 Å². The van der Waals surface area contributed by atoms with E-state index in [0.29, 0.717) is 29.8 Å². The van der Waals surface area contributed by atoms with Crippen molar-refractivity contribution >= 4 is 46.5 Å². The number of nitrogens with zero attached hydrogens (tertiary/aromatic N) is 9. The van der Waals surface area contributed by atoms with Crippen LogP contribution in [0.5, 0.6) is 5.75 Å². The number of phenols is 1. The van der Waals surface area contributed by atoms with Crippen LogP contribution in [0.2, 0.25) is 0 Å². The number of para-hydroxylation sites is 1. The standard InChI is InChI=1S/C56H70N12O5S/c1-34-48(74-33-61-34)37-11-9-35(10-12-37)27-58-52(72)46-23-42(69)32-68(46)53(73)49(55(2,3)4)62-51(71)38-25-56(26-38)17-13-40(14-18-56)65-19-15-36(16-20-65)39-28-59-54(60-29-39)66-21-22-67-41(31-66)30-57-50-45(67)24-44(63-64-50)43-7-5-6-8-47(43)70/h5-12,24,28-29,33,36,38,40-42,46,49,69-70H,13-23,25-27,30-32H2,1-4H3,(H,57,64)(H,58,72)(H,62,71)/t38?,40?,41-,42+,46-,49+,56?/m0/s1. The molecule has 4 aliphatic heterocycles. The van der Waals surface area contributed by atoms with Crippen molar-refractivity contribution in [3.05, 3.63) is 89.3 Å². The Labute approximate surface area is 437 Å². The Balaban J connectivity index is 0.622. The third-order valence-electron chi connectivity index (χ3n) is 17.1. The molecule has 7 heterocycles. The van der Waals surface area contributed by atoms with Crippen LogP contribution in [0.25, 0.3) is 21.7 Å². The molecule has 2 aliphatic carbocycles. The molecular formula is C56H70N12O5S. The predicted octanol–water partition coefficient (Wildman–Crippen LogP) is 6.52. The van der Waals surface area contributed by atoms with Gasteiger partial charge in [-0.3, -0.25) is 14.4 Å². The summed E-state index contributed by atoms with van der Waals surface area (Å²) in [6.07, 6.45) is 11.8. The summed E-state index contributed by atoms with van der Waals surface area (Å²) in [5.74, 6) is 1.29. The van der Waals surface area contributed by atoms with Gasteiger partial charge < -0.3 is 45.8 Å². The van der Waals surface area contributed by atoms with Crippen LogP contribution in [0.3, 0.4) is 0 Å². The quantitative estimate of drug-likeness (QED) is 0.0957. The van der Waals surface area contributed by atoms with Crippen molar-refractivity contribution in [3.63, 3.8) is 0 Å². The third-order valence-corrected chi connectivity index (χ3v) is 18.1. The number of thiazole rings is 1. The summed E-state index contributed by atoms with van der Waals surface area (Å²) in [5, 5.41) is 39.7. The number of aromatic hydroxyl groups is 1. The number of amides is 3. The second-order valence-corrected chi connectivity index (χ2v) is 23.9. The molecule has 390 valence electrons. The lowest BCUT2D eigenvalue weighted by Gasteiger charge is -2.53.